The molecule has 0 atom stereocenters. The average molecular weight is 582 g/mol. The molecule has 1 heterocycles. The maximum atomic E-state index is 15.1. The van der Waals surface area contributed by atoms with Crippen molar-refractivity contribution in [2.45, 2.75) is 56.0 Å². The maximum Gasteiger partial charge on any atom is 0.263 e. The normalized spacial score (nSPS) is 17.8. The SMILES string of the molecule is CCc1cc(-c2ccc(NS(=O)(=O)c3ccccc3Cl)c(F)c2)cc2cnc(N[C@H]3CC[C@H](N(C)C)CC3)nc12. The molecule has 40 heavy (non-hydrogen) atoms. The summed E-state index contributed by atoms with van der Waals surface area (Å²) in [4.78, 5) is 11.6. The molecule has 0 spiro atoms. The first-order valence-electron chi connectivity index (χ1n) is 13.4. The Morgan fingerprint density at radius 3 is 2.45 bits per heavy atom. The van der Waals surface area contributed by atoms with E-state index < -0.39 is 15.8 Å². The molecule has 0 amide bonds. The fourth-order valence-electron chi connectivity index (χ4n) is 5.28. The molecule has 7 nitrogen and oxygen atoms in total. The van der Waals surface area contributed by atoms with Crippen LogP contribution in [-0.2, 0) is 16.4 Å². The van der Waals surface area contributed by atoms with Gasteiger partial charge in [-0.1, -0.05) is 36.7 Å². The van der Waals surface area contributed by atoms with Crippen LogP contribution in [0.25, 0.3) is 22.0 Å². The lowest BCUT2D eigenvalue weighted by Crippen LogP contribution is -2.36. The Morgan fingerprint density at radius 1 is 1.02 bits per heavy atom. The minimum absolute atomic E-state index is 0.0626. The minimum Gasteiger partial charge on any atom is -0.351 e. The molecule has 0 radical (unpaired) electrons. The Morgan fingerprint density at radius 2 is 1.77 bits per heavy atom. The van der Waals surface area contributed by atoms with Crippen LogP contribution in [0.1, 0.15) is 38.2 Å². The van der Waals surface area contributed by atoms with Gasteiger partial charge in [0.15, 0.2) is 0 Å². The van der Waals surface area contributed by atoms with Gasteiger partial charge in [0.1, 0.15) is 10.7 Å². The van der Waals surface area contributed by atoms with Crippen LogP contribution in [0.5, 0.6) is 0 Å². The largest absolute Gasteiger partial charge is 0.351 e. The zero-order valence-corrected chi connectivity index (χ0v) is 24.4. The van der Waals surface area contributed by atoms with Crippen molar-refractivity contribution in [2.75, 3.05) is 24.1 Å². The molecule has 1 saturated carbocycles. The zero-order chi connectivity index (χ0) is 28.4. The second-order valence-corrected chi connectivity index (χ2v) is 12.5. The van der Waals surface area contributed by atoms with E-state index in [0.29, 0.717) is 23.6 Å². The van der Waals surface area contributed by atoms with Gasteiger partial charge in [-0.3, -0.25) is 4.72 Å². The Kier molecular flexibility index (Phi) is 8.26. The molecule has 0 bridgehead atoms. The van der Waals surface area contributed by atoms with Crippen molar-refractivity contribution in [3.8, 4) is 11.1 Å². The third-order valence-electron chi connectivity index (χ3n) is 7.58. The van der Waals surface area contributed by atoms with Gasteiger partial charge < -0.3 is 10.2 Å². The summed E-state index contributed by atoms with van der Waals surface area (Å²) in [5, 5.41) is 4.45. The van der Waals surface area contributed by atoms with E-state index in [-0.39, 0.29) is 15.6 Å². The Balaban J connectivity index is 1.37. The number of aryl methyl sites for hydroxylation is 1. The van der Waals surface area contributed by atoms with Crippen LogP contribution in [-0.4, -0.2) is 49.5 Å². The lowest BCUT2D eigenvalue weighted by molar-refractivity contribution is 0.221. The number of benzene rings is 3. The first kappa shape index (κ1) is 28.3. The number of aromatic nitrogens is 2. The number of anilines is 2. The van der Waals surface area contributed by atoms with Gasteiger partial charge >= 0.3 is 0 Å². The monoisotopic (exact) mass is 581 g/mol. The summed E-state index contributed by atoms with van der Waals surface area (Å²) in [7, 11) is 0.222. The van der Waals surface area contributed by atoms with E-state index >= 15 is 4.39 Å². The first-order chi connectivity index (χ1) is 19.1. The minimum atomic E-state index is -4.05. The second kappa shape index (κ2) is 11.7. The van der Waals surface area contributed by atoms with Crippen LogP contribution in [0.4, 0.5) is 16.0 Å². The van der Waals surface area contributed by atoms with Gasteiger partial charge in [-0.25, -0.2) is 22.8 Å². The molecular weight excluding hydrogens is 549 g/mol. The predicted molar refractivity (Wildman–Crippen MR) is 160 cm³/mol. The molecule has 0 aliphatic heterocycles. The molecule has 0 unspecified atom stereocenters. The Labute approximate surface area is 239 Å². The molecule has 2 N–H and O–H groups in total. The van der Waals surface area contributed by atoms with Gasteiger partial charge in [0, 0.05) is 23.7 Å². The van der Waals surface area contributed by atoms with Crippen molar-refractivity contribution in [3.63, 3.8) is 0 Å². The highest BCUT2D eigenvalue weighted by molar-refractivity contribution is 7.92. The number of fused-ring (bicyclic) bond motifs is 1. The lowest BCUT2D eigenvalue weighted by atomic mass is 9.90. The number of rotatable bonds is 8. The summed E-state index contributed by atoms with van der Waals surface area (Å²) < 4.78 is 43.0. The number of nitrogens with zero attached hydrogens (tertiary/aromatic N) is 3. The van der Waals surface area contributed by atoms with Crippen molar-refractivity contribution in [1.82, 2.24) is 14.9 Å². The van der Waals surface area contributed by atoms with Crippen molar-refractivity contribution in [2.24, 2.45) is 0 Å². The lowest BCUT2D eigenvalue weighted by Gasteiger charge is -2.32. The molecule has 4 aromatic rings. The zero-order valence-electron chi connectivity index (χ0n) is 22.8. The molecule has 3 aromatic carbocycles. The third kappa shape index (κ3) is 6.06. The van der Waals surface area contributed by atoms with E-state index in [9.17, 15) is 8.42 Å². The van der Waals surface area contributed by atoms with Gasteiger partial charge in [-0.05, 0) is 99.3 Å². The van der Waals surface area contributed by atoms with Crippen LogP contribution in [0.3, 0.4) is 0 Å². The van der Waals surface area contributed by atoms with Crippen molar-refractivity contribution in [1.29, 1.82) is 0 Å². The summed E-state index contributed by atoms with van der Waals surface area (Å²) in [6, 6.07) is 15.4. The second-order valence-electron chi connectivity index (χ2n) is 10.5. The Hall–Kier alpha value is -3.27. The highest BCUT2D eigenvalue weighted by atomic mass is 35.5. The maximum absolute atomic E-state index is 15.1. The molecular formula is C30H33ClFN5O2S. The van der Waals surface area contributed by atoms with E-state index in [0.717, 1.165) is 54.1 Å². The number of sulfonamides is 1. The standard InChI is InChI=1S/C30H33ClFN5O2S/c1-4-19-15-21(16-22-18-33-30(35-29(19)22)34-23-10-12-24(13-11-23)37(2)3)20-9-14-27(26(32)17-20)36-40(38,39)28-8-6-5-7-25(28)31/h5-9,14-18,23-24,36H,4,10-13H2,1-3H3,(H,33,34,35)/t23-,24-. The highest BCUT2D eigenvalue weighted by Gasteiger charge is 2.23. The summed E-state index contributed by atoms with van der Waals surface area (Å²) >= 11 is 6.04. The fraction of sp³-hybridized carbons (Fsp3) is 0.333. The summed E-state index contributed by atoms with van der Waals surface area (Å²) in [5.41, 5.74) is 3.16. The van der Waals surface area contributed by atoms with Crippen LogP contribution in [0.2, 0.25) is 5.02 Å². The topological polar surface area (TPSA) is 87.2 Å². The molecule has 210 valence electrons. The molecule has 5 rings (SSSR count). The smallest absolute Gasteiger partial charge is 0.263 e. The average Bonchev–Trinajstić information content (AvgIpc) is 2.94. The van der Waals surface area contributed by atoms with Crippen molar-refractivity contribution in [3.05, 3.63) is 77.2 Å². The van der Waals surface area contributed by atoms with Crippen LogP contribution >= 0.6 is 11.6 Å². The third-order valence-corrected chi connectivity index (χ3v) is 9.44. The van der Waals surface area contributed by atoms with Gasteiger partial charge in [0.2, 0.25) is 5.95 Å². The molecule has 1 aliphatic carbocycles. The summed E-state index contributed by atoms with van der Waals surface area (Å²) in [6.07, 6.45) is 7.02. The van der Waals surface area contributed by atoms with Crippen LogP contribution in [0.15, 0.2) is 65.7 Å². The van der Waals surface area contributed by atoms with Crippen LogP contribution in [0, 0.1) is 5.82 Å². The molecule has 1 fully saturated rings. The van der Waals surface area contributed by atoms with Gasteiger partial charge in [0.05, 0.1) is 16.2 Å². The fourth-order valence-corrected chi connectivity index (χ4v) is 6.87. The number of nitrogens with one attached hydrogen (secondary N) is 2. The molecule has 1 aromatic heterocycles. The first-order valence-corrected chi connectivity index (χ1v) is 15.3. The van der Waals surface area contributed by atoms with E-state index in [4.69, 9.17) is 16.6 Å². The molecule has 1 aliphatic rings. The summed E-state index contributed by atoms with van der Waals surface area (Å²) in [5.74, 6) is -0.0597. The molecule has 0 saturated heterocycles. The van der Waals surface area contributed by atoms with Gasteiger partial charge in [-0.15, -0.1) is 0 Å². The number of hydrogen-bond acceptors (Lipinski definition) is 6. The Bertz CT molecular complexity index is 1640. The van der Waals surface area contributed by atoms with Gasteiger partial charge in [-0.2, -0.15) is 0 Å². The van der Waals surface area contributed by atoms with Crippen molar-refractivity contribution >= 4 is 44.2 Å². The highest BCUT2D eigenvalue weighted by Crippen LogP contribution is 2.32. The van der Waals surface area contributed by atoms with Crippen molar-refractivity contribution < 1.29 is 12.8 Å². The van der Waals surface area contributed by atoms with E-state index in [1.54, 1.807) is 24.4 Å². The molecule has 10 heteroatoms. The van der Waals surface area contributed by atoms with E-state index in [2.05, 4.69) is 40.9 Å². The van der Waals surface area contributed by atoms with Crippen LogP contribution < -0.4 is 10.0 Å². The van der Waals surface area contributed by atoms with Gasteiger partial charge in [0.25, 0.3) is 10.0 Å². The quantitative estimate of drug-likeness (QED) is 0.240. The number of hydrogen-bond donors (Lipinski definition) is 2. The van der Waals surface area contributed by atoms with E-state index in [1.165, 1.54) is 24.3 Å². The summed E-state index contributed by atoms with van der Waals surface area (Å²) in [6.45, 7) is 2.06. The predicted octanol–water partition coefficient (Wildman–Crippen LogP) is 6.74. The number of halogens is 2. The van der Waals surface area contributed by atoms with E-state index in [1.807, 2.05) is 12.1 Å².